The third-order valence-corrected chi connectivity index (χ3v) is 3.05. The molecule has 2 heteroatoms. The van der Waals surface area contributed by atoms with Gasteiger partial charge in [-0.3, -0.25) is 0 Å². The number of hydrogen-bond acceptors (Lipinski definition) is 2. The van der Waals surface area contributed by atoms with Gasteiger partial charge in [0, 0.05) is 18.6 Å². The minimum atomic E-state index is -0.0218. The van der Waals surface area contributed by atoms with E-state index in [0.29, 0.717) is 0 Å². The van der Waals surface area contributed by atoms with Crippen LogP contribution in [0.5, 0.6) is 0 Å². The fourth-order valence-corrected chi connectivity index (χ4v) is 1.66. The van der Waals surface area contributed by atoms with Gasteiger partial charge in [-0.05, 0) is 30.5 Å². The molecule has 0 spiro atoms. The predicted molar refractivity (Wildman–Crippen MR) is 73.3 cm³/mol. The summed E-state index contributed by atoms with van der Waals surface area (Å²) in [4.78, 5) is 0. The Bertz CT molecular complexity index is 316. The molecule has 0 fully saturated rings. The van der Waals surface area contributed by atoms with E-state index in [4.69, 9.17) is 5.11 Å². The van der Waals surface area contributed by atoms with E-state index >= 15 is 0 Å². The predicted octanol–water partition coefficient (Wildman–Crippen LogP) is 2.40. The standard InChI is InChI=1S/C15H25NO/c1-4-13-5-7-14(8-6-13)9-10-16-11-15(2,3)12-17/h5-8,16-17H,4,9-12H2,1-3H3. The number of aliphatic hydroxyl groups excluding tert-OH is 1. The number of aliphatic hydroxyl groups is 1. The number of rotatable bonds is 7. The first-order valence-corrected chi connectivity index (χ1v) is 6.47. The molecule has 0 radical (unpaired) electrons. The molecule has 0 aliphatic rings. The Labute approximate surface area is 105 Å². The van der Waals surface area contributed by atoms with Crippen LogP contribution in [0, 0.1) is 5.41 Å². The molecular formula is C15H25NO. The second-order valence-corrected chi connectivity index (χ2v) is 5.42. The number of benzene rings is 1. The molecule has 2 N–H and O–H groups in total. The average Bonchev–Trinajstić information content (AvgIpc) is 2.35. The first-order chi connectivity index (χ1) is 8.07. The summed E-state index contributed by atoms with van der Waals surface area (Å²) in [6, 6.07) is 8.81. The second kappa shape index (κ2) is 6.77. The van der Waals surface area contributed by atoms with Gasteiger partial charge >= 0.3 is 0 Å². The fraction of sp³-hybridized carbons (Fsp3) is 0.600. The van der Waals surface area contributed by atoms with Crippen LogP contribution in [0.15, 0.2) is 24.3 Å². The quantitative estimate of drug-likeness (QED) is 0.711. The molecule has 0 unspecified atom stereocenters. The molecule has 1 aromatic rings. The van der Waals surface area contributed by atoms with Crippen LogP contribution in [-0.4, -0.2) is 24.8 Å². The fourth-order valence-electron chi connectivity index (χ4n) is 1.66. The Hall–Kier alpha value is -0.860. The maximum atomic E-state index is 9.13. The number of aryl methyl sites for hydroxylation is 1. The summed E-state index contributed by atoms with van der Waals surface area (Å²) in [5.41, 5.74) is 2.74. The van der Waals surface area contributed by atoms with Crippen molar-refractivity contribution in [2.75, 3.05) is 19.7 Å². The van der Waals surface area contributed by atoms with Gasteiger partial charge in [0.25, 0.3) is 0 Å². The first kappa shape index (κ1) is 14.2. The monoisotopic (exact) mass is 235 g/mol. The van der Waals surface area contributed by atoms with Gasteiger partial charge in [0.05, 0.1) is 0 Å². The van der Waals surface area contributed by atoms with E-state index in [9.17, 15) is 0 Å². The normalized spacial score (nSPS) is 11.8. The lowest BCUT2D eigenvalue weighted by Gasteiger charge is -2.21. The van der Waals surface area contributed by atoms with Crippen molar-refractivity contribution < 1.29 is 5.11 Å². The van der Waals surface area contributed by atoms with E-state index in [1.54, 1.807) is 0 Å². The molecule has 0 amide bonds. The molecule has 1 rings (SSSR count). The van der Waals surface area contributed by atoms with E-state index in [-0.39, 0.29) is 12.0 Å². The van der Waals surface area contributed by atoms with Gasteiger partial charge in [-0.25, -0.2) is 0 Å². The van der Waals surface area contributed by atoms with Crippen molar-refractivity contribution in [3.05, 3.63) is 35.4 Å². The second-order valence-electron chi connectivity index (χ2n) is 5.42. The largest absolute Gasteiger partial charge is 0.396 e. The highest BCUT2D eigenvalue weighted by Crippen LogP contribution is 2.11. The zero-order valence-electron chi connectivity index (χ0n) is 11.3. The first-order valence-electron chi connectivity index (χ1n) is 6.47. The molecule has 0 aromatic heterocycles. The Morgan fingerprint density at radius 3 is 2.24 bits per heavy atom. The van der Waals surface area contributed by atoms with Crippen LogP contribution in [0.25, 0.3) is 0 Å². The van der Waals surface area contributed by atoms with E-state index in [1.807, 2.05) is 0 Å². The minimum Gasteiger partial charge on any atom is -0.396 e. The Morgan fingerprint density at radius 1 is 1.12 bits per heavy atom. The third kappa shape index (κ3) is 5.33. The molecule has 0 saturated carbocycles. The highest BCUT2D eigenvalue weighted by molar-refractivity contribution is 5.22. The molecular weight excluding hydrogens is 210 g/mol. The molecule has 17 heavy (non-hydrogen) atoms. The summed E-state index contributed by atoms with van der Waals surface area (Å²) in [7, 11) is 0. The smallest absolute Gasteiger partial charge is 0.0494 e. The van der Waals surface area contributed by atoms with Crippen molar-refractivity contribution in [2.24, 2.45) is 5.41 Å². The van der Waals surface area contributed by atoms with Crippen LogP contribution >= 0.6 is 0 Å². The molecule has 0 bridgehead atoms. The Balaban J connectivity index is 2.26. The highest BCUT2D eigenvalue weighted by Gasteiger charge is 2.14. The van der Waals surface area contributed by atoms with Gasteiger partial charge in [-0.1, -0.05) is 45.0 Å². The van der Waals surface area contributed by atoms with Crippen molar-refractivity contribution in [1.29, 1.82) is 0 Å². The van der Waals surface area contributed by atoms with Gasteiger partial charge in [0.1, 0.15) is 0 Å². The van der Waals surface area contributed by atoms with E-state index in [1.165, 1.54) is 11.1 Å². The molecule has 0 saturated heterocycles. The van der Waals surface area contributed by atoms with Crippen LogP contribution in [-0.2, 0) is 12.8 Å². The summed E-state index contributed by atoms with van der Waals surface area (Å²) in [5, 5.41) is 12.5. The topological polar surface area (TPSA) is 32.3 Å². The van der Waals surface area contributed by atoms with Gasteiger partial charge in [0.2, 0.25) is 0 Å². The third-order valence-electron chi connectivity index (χ3n) is 3.05. The van der Waals surface area contributed by atoms with Crippen LogP contribution in [0.4, 0.5) is 0 Å². The van der Waals surface area contributed by atoms with E-state index < -0.39 is 0 Å². The highest BCUT2D eigenvalue weighted by atomic mass is 16.3. The lowest BCUT2D eigenvalue weighted by atomic mass is 9.95. The van der Waals surface area contributed by atoms with Crippen LogP contribution in [0.2, 0.25) is 0 Å². The van der Waals surface area contributed by atoms with Gasteiger partial charge in [-0.15, -0.1) is 0 Å². The van der Waals surface area contributed by atoms with Gasteiger partial charge in [0.15, 0.2) is 0 Å². The van der Waals surface area contributed by atoms with E-state index in [2.05, 4.69) is 50.4 Å². The van der Waals surface area contributed by atoms with Gasteiger partial charge in [-0.2, -0.15) is 0 Å². The molecule has 0 aliphatic heterocycles. The number of nitrogens with one attached hydrogen (secondary N) is 1. The molecule has 2 nitrogen and oxygen atoms in total. The van der Waals surface area contributed by atoms with Gasteiger partial charge < -0.3 is 10.4 Å². The molecule has 0 heterocycles. The van der Waals surface area contributed by atoms with Crippen LogP contribution in [0.1, 0.15) is 31.9 Å². The molecule has 1 aromatic carbocycles. The van der Waals surface area contributed by atoms with Crippen molar-refractivity contribution in [1.82, 2.24) is 5.32 Å². The van der Waals surface area contributed by atoms with E-state index in [0.717, 1.165) is 25.9 Å². The lowest BCUT2D eigenvalue weighted by molar-refractivity contribution is 0.157. The van der Waals surface area contributed by atoms with Crippen molar-refractivity contribution in [3.63, 3.8) is 0 Å². The summed E-state index contributed by atoms with van der Waals surface area (Å²) in [5.74, 6) is 0. The summed E-state index contributed by atoms with van der Waals surface area (Å²) >= 11 is 0. The van der Waals surface area contributed by atoms with Crippen molar-refractivity contribution in [3.8, 4) is 0 Å². The maximum absolute atomic E-state index is 9.13. The van der Waals surface area contributed by atoms with Crippen LogP contribution < -0.4 is 5.32 Å². The van der Waals surface area contributed by atoms with Crippen LogP contribution in [0.3, 0.4) is 0 Å². The molecule has 0 aliphatic carbocycles. The summed E-state index contributed by atoms with van der Waals surface area (Å²) in [6.45, 7) is 8.36. The molecule has 96 valence electrons. The maximum Gasteiger partial charge on any atom is 0.0494 e. The summed E-state index contributed by atoms with van der Waals surface area (Å²) in [6.07, 6.45) is 2.15. The minimum absolute atomic E-state index is 0.0218. The Kier molecular flexibility index (Phi) is 5.66. The average molecular weight is 235 g/mol. The zero-order chi connectivity index (χ0) is 12.7. The summed E-state index contributed by atoms with van der Waals surface area (Å²) < 4.78 is 0. The van der Waals surface area contributed by atoms with Crippen molar-refractivity contribution >= 4 is 0 Å². The van der Waals surface area contributed by atoms with Crippen molar-refractivity contribution in [2.45, 2.75) is 33.6 Å². The molecule has 0 atom stereocenters. The SMILES string of the molecule is CCc1ccc(CCNCC(C)(C)CO)cc1. The Morgan fingerprint density at radius 2 is 1.71 bits per heavy atom. The zero-order valence-corrected chi connectivity index (χ0v) is 11.3. The lowest BCUT2D eigenvalue weighted by Crippen LogP contribution is -2.33. The number of hydrogen-bond donors (Lipinski definition) is 2.